The third-order valence-electron chi connectivity index (χ3n) is 4.82. The van der Waals surface area contributed by atoms with Gasteiger partial charge in [-0.1, -0.05) is 91.0 Å². The van der Waals surface area contributed by atoms with E-state index in [9.17, 15) is 0 Å². The van der Waals surface area contributed by atoms with Gasteiger partial charge in [-0.25, -0.2) is 0 Å². The van der Waals surface area contributed by atoms with Crippen LogP contribution in [-0.4, -0.2) is 24.2 Å². The minimum absolute atomic E-state index is 0.0308. The minimum Gasteiger partial charge on any atom is -0.374 e. The molecule has 0 radical (unpaired) electrons. The lowest BCUT2D eigenvalue weighted by atomic mass is 10.1. The summed E-state index contributed by atoms with van der Waals surface area (Å²) in [5.74, 6) is 0. The Balaban J connectivity index is 1.40. The molecule has 1 saturated heterocycles. The van der Waals surface area contributed by atoms with Gasteiger partial charge in [0.15, 0.2) is 0 Å². The SMILES string of the molecule is c1ccc(COC[C@H]2CN(Cc3ccccc3)[C@@H](c3ccccc3)O2)cc1. The van der Waals surface area contributed by atoms with Crippen molar-refractivity contribution in [3.05, 3.63) is 108 Å². The van der Waals surface area contributed by atoms with Gasteiger partial charge in [-0.05, 0) is 16.7 Å². The lowest BCUT2D eigenvalue weighted by molar-refractivity contribution is -0.0397. The first-order valence-corrected chi connectivity index (χ1v) is 9.48. The second-order valence-electron chi connectivity index (χ2n) is 6.94. The summed E-state index contributed by atoms with van der Waals surface area (Å²) in [7, 11) is 0. The maximum Gasteiger partial charge on any atom is 0.137 e. The molecule has 27 heavy (non-hydrogen) atoms. The Morgan fingerprint density at radius 2 is 1.37 bits per heavy atom. The third kappa shape index (κ3) is 4.83. The van der Waals surface area contributed by atoms with Crippen LogP contribution in [0.4, 0.5) is 0 Å². The highest BCUT2D eigenvalue weighted by Crippen LogP contribution is 2.31. The van der Waals surface area contributed by atoms with E-state index in [4.69, 9.17) is 9.47 Å². The van der Waals surface area contributed by atoms with Crippen molar-refractivity contribution in [1.29, 1.82) is 0 Å². The molecule has 1 fully saturated rings. The van der Waals surface area contributed by atoms with E-state index in [0.717, 1.165) is 13.1 Å². The molecule has 0 amide bonds. The van der Waals surface area contributed by atoms with E-state index in [1.165, 1.54) is 16.7 Å². The average Bonchev–Trinajstić information content (AvgIpc) is 3.13. The largest absolute Gasteiger partial charge is 0.374 e. The molecule has 3 nitrogen and oxygen atoms in total. The Hall–Kier alpha value is -2.46. The van der Waals surface area contributed by atoms with Crippen LogP contribution in [0.3, 0.4) is 0 Å². The number of benzene rings is 3. The van der Waals surface area contributed by atoms with Crippen LogP contribution in [0.2, 0.25) is 0 Å². The summed E-state index contributed by atoms with van der Waals surface area (Å²) in [6.45, 7) is 2.96. The van der Waals surface area contributed by atoms with Gasteiger partial charge < -0.3 is 9.47 Å². The summed E-state index contributed by atoms with van der Waals surface area (Å²) in [5, 5.41) is 0. The highest BCUT2D eigenvalue weighted by molar-refractivity contribution is 5.20. The predicted molar refractivity (Wildman–Crippen MR) is 107 cm³/mol. The molecule has 0 aliphatic carbocycles. The molecule has 1 aliphatic heterocycles. The fraction of sp³-hybridized carbons (Fsp3) is 0.250. The molecule has 4 rings (SSSR count). The minimum atomic E-state index is -0.0308. The molecular formula is C24H25NO2. The Morgan fingerprint density at radius 3 is 2.04 bits per heavy atom. The van der Waals surface area contributed by atoms with Gasteiger partial charge in [0, 0.05) is 13.1 Å². The molecule has 0 aromatic heterocycles. The first-order valence-electron chi connectivity index (χ1n) is 9.48. The molecule has 0 unspecified atom stereocenters. The van der Waals surface area contributed by atoms with Crippen LogP contribution in [0, 0.1) is 0 Å². The van der Waals surface area contributed by atoms with E-state index in [1.807, 2.05) is 24.3 Å². The van der Waals surface area contributed by atoms with Crippen molar-refractivity contribution < 1.29 is 9.47 Å². The third-order valence-corrected chi connectivity index (χ3v) is 4.82. The Bertz CT molecular complexity index is 808. The molecule has 3 aromatic rings. The molecule has 138 valence electrons. The first-order chi connectivity index (χ1) is 13.4. The fourth-order valence-electron chi connectivity index (χ4n) is 3.52. The molecule has 0 spiro atoms. The van der Waals surface area contributed by atoms with Crippen molar-refractivity contribution in [2.24, 2.45) is 0 Å². The molecule has 3 heteroatoms. The maximum absolute atomic E-state index is 6.37. The van der Waals surface area contributed by atoms with Crippen LogP contribution in [0.5, 0.6) is 0 Å². The van der Waals surface area contributed by atoms with E-state index < -0.39 is 0 Å². The fourth-order valence-corrected chi connectivity index (χ4v) is 3.52. The zero-order chi connectivity index (χ0) is 18.3. The van der Waals surface area contributed by atoms with Crippen molar-refractivity contribution >= 4 is 0 Å². The highest BCUT2D eigenvalue weighted by atomic mass is 16.6. The van der Waals surface area contributed by atoms with Gasteiger partial charge in [0.2, 0.25) is 0 Å². The van der Waals surface area contributed by atoms with Crippen molar-refractivity contribution in [2.45, 2.75) is 25.5 Å². The van der Waals surface area contributed by atoms with Gasteiger partial charge in [0.1, 0.15) is 6.23 Å². The number of nitrogens with zero attached hydrogens (tertiary/aromatic N) is 1. The van der Waals surface area contributed by atoms with E-state index >= 15 is 0 Å². The van der Waals surface area contributed by atoms with Gasteiger partial charge in [-0.3, -0.25) is 4.90 Å². The van der Waals surface area contributed by atoms with Crippen LogP contribution < -0.4 is 0 Å². The monoisotopic (exact) mass is 359 g/mol. The topological polar surface area (TPSA) is 21.7 Å². The Kier molecular flexibility index (Phi) is 5.95. The molecule has 1 heterocycles. The van der Waals surface area contributed by atoms with Crippen LogP contribution in [-0.2, 0) is 22.6 Å². The summed E-state index contributed by atoms with van der Waals surface area (Å²) >= 11 is 0. The highest BCUT2D eigenvalue weighted by Gasteiger charge is 2.33. The van der Waals surface area contributed by atoms with Gasteiger partial charge in [0.05, 0.1) is 19.3 Å². The lowest BCUT2D eigenvalue weighted by Gasteiger charge is -2.23. The molecule has 3 aromatic carbocycles. The van der Waals surface area contributed by atoms with Crippen molar-refractivity contribution in [3.63, 3.8) is 0 Å². The van der Waals surface area contributed by atoms with E-state index in [-0.39, 0.29) is 12.3 Å². The van der Waals surface area contributed by atoms with Gasteiger partial charge in [0.25, 0.3) is 0 Å². The zero-order valence-corrected chi connectivity index (χ0v) is 15.4. The molecular weight excluding hydrogens is 334 g/mol. The second kappa shape index (κ2) is 8.96. The molecule has 1 aliphatic rings. The van der Waals surface area contributed by atoms with Gasteiger partial charge in [-0.2, -0.15) is 0 Å². The summed E-state index contributed by atoms with van der Waals surface area (Å²) in [6, 6.07) is 31.3. The van der Waals surface area contributed by atoms with Crippen molar-refractivity contribution in [3.8, 4) is 0 Å². The van der Waals surface area contributed by atoms with Gasteiger partial charge in [-0.15, -0.1) is 0 Å². The maximum atomic E-state index is 6.37. The average molecular weight is 359 g/mol. The molecule has 2 atom stereocenters. The normalized spacial score (nSPS) is 20.0. The summed E-state index contributed by atoms with van der Waals surface area (Å²) in [4.78, 5) is 2.39. The van der Waals surface area contributed by atoms with E-state index in [2.05, 4.69) is 71.6 Å². The number of hydrogen-bond acceptors (Lipinski definition) is 3. The number of ether oxygens (including phenoxy) is 2. The smallest absolute Gasteiger partial charge is 0.137 e. The van der Waals surface area contributed by atoms with Crippen LogP contribution in [0.1, 0.15) is 22.9 Å². The second-order valence-corrected chi connectivity index (χ2v) is 6.94. The standard InChI is InChI=1S/C24H25NO2/c1-4-10-20(11-5-1)16-25-17-23(19-26-18-21-12-6-2-7-13-21)27-24(25)22-14-8-3-9-15-22/h1-15,23-24H,16-19H2/t23-,24-/m1/s1. The molecule has 0 N–H and O–H groups in total. The summed E-state index contributed by atoms with van der Waals surface area (Å²) in [5.41, 5.74) is 3.68. The van der Waals surface area contributed by atoms with Crippen molar-refractivity contribution in [1.82, 2.24) is 4.90 Å². The van der Waals surface area contributed by atoms with E-state index in [0.29, 0.717) is 13.2 Å². The van der Waals surface area contributed by atoms with Crippen LogP contribution in [0.15, 0.2) is 91.0 Å². The summed E-state index contributed by atoms with van der Waals surface area (Å²) in [6.07, 6.45) is 0.0411. The predicted octanol–water partition coefficient (Wildman–Crippen LogP) is 4.80. The Labute approximate surface area is 161 Å². The van der Waals surface area contributed by atoms with Gasteiger partial charge >= 0.3 is 0 Å². The van der Waals surface area contributed by atoms with Crippen molar-refractivity contribution in [2.75, 3.05) is 13.2 Å². The van der Waals surface area contributed by atoms with E-state index in [1.54, 1.807) is 0 Å². The molecule has 0 saturated carbocycles. The zero-order valence-electron chi connectivity index (χ0n) is 15.4. The number of hydrogen-bond donors (Lipinski definition) is 0. The summed E-state index contributed by atoms with van der Waals surface area (Å²) < 4.78 is 12.3. The Morgan fingerprint density at radius 1 is 0.778 bits per heavy atom. The molecule has 0 bridgehead atoms. The van der Waals surface area contributed by atoms with Crippen LogP contribution >= 0.6 is 0 Å². The quantitative estimate of drug-likeness (QED) is 0.605. The number of rotatable bonds is 7. The van der Waals surface area contributed by atoms with Crippen LogP contribution in [0.25, 0.3) is 0 Å². The first kappa shape index (κ1) is 17.9. The lowest BCUT2D eigenvalue weighted by Crippen LogP contribution is -2.25.